The Balaban J connectivity index is 2.46. The van der Waals surface area contributed by atoms with Crippen LogP contribution in [-0.4, -0.2) is 38.0 Å². The molecular formula is C14H19BrClNO3S. The molecule has 2 atom stereocenters. The van der Waals surface area contributed by atoms with Crippen molar-refractivity contribution in [1.82, 2.24) is 4.31 Å². The molecule has 1 aliphatic heterocycles. The lowest BCUT2D eigenvalue weighted by atomic mass is 10.2. The zero-order valence-electron chi connectivity index (χ0n) is 12.3. The highest BCUT2D eigenvalue weighted by atomic mass is 79.9. The number of rotatable bonds is 3. The van der Waals surface area contributed by atoms with E-state index in [4.69, 9.17) is 16.3 Å². The van der Waals surface area contributed by atoms with Crippen LogP contribution in [-0.2, 0) is 20.6 Å². The normalized spacial score (nSPS) is 24.2. The average Bonchev–Trinajstić information content (AvgIpc) is 2.40. The summed E-state index contributed by atoms with van der Waals surface area (Å²) in [5.41, 5.74) is 1.48. The van der Waals surface area contributed by atoms with Gasteiger partial charge in [-0.05, 0) is 44.0 Å². The third kappa shape index (κ3) is 3.62. The summed E-state index contributed by atoms with van der Waals surface area (Å²) in [7, 11) is -3.55. The van der Waals surface area contributed by atoms with Crippen LogP contribution in [0.4, 0.5) is 0 Å². The molecule has 21 heavy (non-hydrogen) atoms. The fourth-order valence-electron chi connectivity index (χ4n) is 2.52. The van der Waals surface area contributed by atoms with E-state index in [0.717, 1.165) is 10.0 Å². The number of hydrogen-bond acceptors (Lipinski definition) is 3. The fraction of sp³-hybridized carbons (Fsp3) is 0.571. The van der Waals surface area contributed by atoms with Crippen molar-refractivity contribution in [2.75, 3.05) is 13.1 Å². The predicted molar refractivity (Wildman–Crippen MR) is 87.2 cm³/mol. The van der Waals surface area contributed by atoms with Gasteiger partial charge in [-0.1, -0.05) is 15.9 Å². The molecule has 0 aliphatic carbocycles. The molecule has 0 amide bonds. The number of nitrogens with zero attached hydrogens (tertiary/aromatic N) is 1. The number of halogens is 2. The molecule has 0 saturated carbocycles. The number of alkyl halides is 1. The lowest BCUT2D eigenvalue weighted by molar-refractivity contribution is -0.0440. The van der Waals surface area contributed by atoms with Crippen molar-refractivity contribution in [2.45, 2.75) is 43.8 Å². The van der Waals surface area contributed by atoms with Gasteiger partial charge in [0.15, 0.2) is 0 Å². The molecule has 1 aromatic carbocycles. The molecule has 1 heterocycles. The summed E-state index contributed by atoms with van der Waals surface area (Å²) < 4.78 is 33.7. The molecule has 2 unspecified atom stereocenters. The van der Waals surface area contributed by atoms with E-state index in [-0.39, 0.29) is 18.1 Å². The Hall–Kier alpha value is -0.140. The van der Waals surface area contributed by atoms with Crippen molar-refractivity contribution in [3.05, 3.63) is 27.7 Å². The summed E-state index contributed by atoms with van der Waals surface area (Å²) in [6.45, 7) is 6.30. The first-order valence-electron chi connectivity index (χ1n) is 6.76. The molecule has 1 saturated heterocycles. The summed E-state index contributed by atoms with van der Waals surface area (Å²) in [6.07, 6.45) is -0.216. The Labute approximate surface area is 139 Å². The minimum atomic E-state index is -3.55. The van der Waals surface area contributed by atoms with Crippen molar-refractivity contribution < 1.29 is 13.2 Å². The van der Waals surface area contributed by atoms with E-state index in [0.29, 0.717) is 23.5 Å². The van der Waals surface area contributed by atoms with E-state index in [9.17, 15) is 8.42 Å². The molecule has 4 nitrogen and oxygen atoms in total. The highest BCUT2D eigenvalue weighted by molar-refractivity contribution is 9.10. The Morgan fingerprint density at radius 3 is 2.43 bits per heavy atom. The Kier molecular flexibility index (Phi) is 5.36. The van der Waals surface area contributed by atoms with Crippen molar-refractivity contribution in [3.8, 4) is 0 Å². The summed E-state index contributed by atoms with van der Waals surface area (Å²) >= 11 is 9.27. The van der Waals surface area contributed by atoms with Crippen LogP contribution in [0, 0.1) is 6.92 Å². The lowest BCUT2D eigenvalue weighted by Gasteiger charge is -2.34. The van der Waals surface area contributed by atoms with Crippen LogP contribution in [0.3, 0.4) is 0 Å². The van der Waals surface area contributed by atoms with E-state index >= 15 is 0 Å². The SMILES string of the molecule is Cc1c(Br)cc(CCl)cc1S(=O)(=O)N1CC(C)OC(C)C1. The van der Waals surface area contributed by atoms with E-state index in [2.05, 4.69) is 15.9 Å². The van der Waals surface area contributed by atoms with Crippen molar-refractivity contribution in [3.63, 3.8) is 0 Å². The van der Waals surface area contributed by atoms with Crippen LogP contribution >= 0.6 is 27.5 Å². The second kappa shape index (κ2) is 6.54. The molecule has 2 rings (SSSR count). The van der Waals surface area contributed by atoms with Gasteiger partial charge >= 0.3 is 0 Å². The Morgan fingerprint density at radius 1 is 1.33 bits per heavy atom. The fourth-order valence-corrected chi connectivity index (χ4v) is 5.20. The Morgan fingerprint density at radius 2 is 1.90 bits per heavy atom. The molecule has 0 aromatic heterocycles. The first-order valence-corrected chi connectivity index (χ1v) is 9.53. The van der Waals surface area contributed by atoms with Gasteiger partial charge in [-0.2, -0.15) is 4.31 Å². The average molecular weight is 397 g/mol. The molecule has 0 spiro atoms. The summed E-state index contributed by atoms with van der Waals surface area (Å²) in [4.78, 5) is 0.314. The summed E-state index contributed by atoms with van der Waals surface area (Å²) in [5, 5.41) is 0. The van der Waals surface area contributed by atoms with Gasteiger partial charge in [-0.3, -0.25) is 0 Å². The molecule has 0 N–H and O–H groups in total. The molecule has 1 aliphatic rings. The van der Waals surface area contributed by atoms with Gasteiger partial charge in [0, 0.05) is 23.4 Å². The molecule has 0 bridgehead atoms. The van der Waals surface area contributed by atoms with Crippen molar-refractivity contribution in [1.29, 1.82) is 0 Å². The molecule has 1 aromatic rings. The van der Waals surface area contributed by atoms with Gasteiger partial charge in [0.05, 0.1) is 17.1 Å². The highest BCUT2D eigenvalue weighted by Gasteiger charge is 2.33. The third-order valence-electron chi connectivity index (χ3n) is 3.51. The molecule has 1 fully saturated rings. The van der Waals surface area contributed by atoms with Gasteiger partial charge in [-0.25, -0.2) is 8.42 Å². The van der Waals surface area contributed by atoms with E-state index in [1.165, 1.54) is 4.31 Å². The van der Waals surface area contributed by atoms with Crippen LogP contribution in [0.1, 0.15) is 25.0 Å². The van der Waals surface area contributed by atoms with Crippen LogP contribution in [0.15, 0.2) is 21.5 Å². The zero-order chi connectivity index (χ0) is 15.8. The van der Waals surface area contributed by atoms with Gasteiger partial charge in [0.2, 0.25) is 10.0 Å². The van der Waals surface area contributed by atoms with E-state index in [1.54, 1.807) is 13.0 Å². The lowest BCUT2D eigenvalue weighted by Crippen LogP contribution is -2.48. The third-order valence-corrected chi connectivity index (χ3v) is 6.60. The predicted octanol–water partition coefficient (Wildman–Crippen LogP) is 3.29. The Bertz CT molecular complexity index is 625. The maximum atomic E-state index is 12.9. The monoisotopic (exact) mass is 395 g/mol. The number of morpholine rings is 1. The van der Waals surface area contributed by atoms with Crippen LogP contribution in [0.25, 0.3) is 0 Å². The van der Waals surface area contributed by atoms with E-state index < -0.39 is 10.0 Å². The number of ether oxygens (including phenoxy) is 1. The smallest absolute Gasteiger partial charge is 0.243 e. The van der Waals surface area contributed by atoms with Crippen molar-refractivity contribution >= 4 is 37.6 Å². The van der Waals surface area contributed by atoms with Crippen molar-refractivity contribution in [2.24, 2.45) is 0 Å². The zero-order valence-corrected chi connectivity index (χ0v) is 15.4. The standard InChI is InChI=1S/C14H19BrClNO3S/c1-9-7-17(8-10(2)20-9)21(18,19)14-5-12(6-16)4-13(15)11(14)3/h4-5,9-10H,6-8H2,1-3H3. The second-order valence-electron chi connectivity index (χ2n) is 5.41. The minimum Gasteiger partial charge on any atom is -0.373 e. The number of benzene rings is 1. The maximum absolute atomic E-state index is 12.9. The first kappa shape index (κ1) is 17.2. The second-order valence-corrected chi connectivity index (χ2v) is 8.44. The quantitative estimate of drug-likeness (QED) is 0.737. The van der Waals surface area contributed by atoms with Gasteiger partial charge in [0.1, 0.15) is 0 Å². The van der Waals surface area contributed by atoms with Gasteiger partial charge in [0.25, 0.3) is 0 Å². The van der Waals surface area contributed by atoms with E-state index in [1.807, 2.05) is 19.9 Å². The van der Waals surface area contributed by atoms with Gasteiger partial charge < -0.3 is 4.74 Å². The summed E-state index contributed by atoms with van der Waals surface area (Å²) in [5.74, 6) is 0.275. The van der Waals surface area contributed by atoms with Crippen LogP contribution in [0.2, 0.25) is 0 Å². The number of hydrogen-bond donors (Lipinski definition) is 0. The van der Waals surface area contributed by atoms with Gasteiger partial charge in [-0.15, -0.1) is 11.6 Å². The molecular weight excluding hydrogens is 378 g/mol. The minimum absolute atomic E-state index is 0.108. The highest BCUT2D eigenvalue weighted by Crippen LogP contribution is 2.30. The molecule has 0 radical (unpaired) electrons. The first-order chi connectivity index (χ1) is 9.75. The van der Waals surface area contributed by atoms with Crippen LogP contribution < -0.4 is 0 Å². The topological polar surface area (TPSA) is 46.6 Å². The maximum Gasteiger partial charge on any atom is 0.243 e. The number of sulfonamides is 1. The summed E-state index contributed by atoms with van der Waals surface area (Å²) in [6, 6.07) is 3.51. The molecule has 7 heteroatoms. The van der Waals surface area contributed by atoms with Crippen LogP contribution in [0.5, 0.6) is 0 Å². The molecule has 118 valence electrons. The largest absolute Gasteiger partial charge is 0.373 e.